The second-order valence-corrected chi connectivity index (χ2v) is 6.44. The number of imidazole rings is 1. The van der Waals surface area contributed by atoms with E-state index in [4.69, 9.17) is 11.6 Å². The van der Waals surface area contributed by atoms with Crippen LogP contribution in [0, 0.1) is 3.57 Å². The zero-order chi connectivity index (χ0) is 14.1. The number of hydrogen-bond donors (Lipinski definition) is 0. The van der Waals surface area contributed by atoms with Crippen LogP contribution in [0.3, 0.4) is 0 Å². The predicted octanol–water partition coefficient (Wildman–Crippen LogP) is 3.23. The van der Waals surface area contributed by atoms with Crippen molar-refractivity contribution in [1.29, 1.82) is 0 Å². The quantitative estimate of drug-likeness (QED) is 0.498. The maximum absolute atomic E-state index is 6.26. The zero-order valence-corrected chi connectivity index (χ0v) is 13.8. The number of rotatable bonds is 4. The van der Waals surface area contributed by atoms with Crippen molar-refractivity contribution in [2.75, 3.05) is 0 Å². The van der Waals surface area contributed by atoms with E-state index in [0.29, 0.717) is 0 Å². The Bertz CT molecular complexity index is 720. The van der Waals surface area contributed by atoms with E-state index in [1.165, 1.54) is 3.57 Å². The first kappa shape index (κ1) is 13.8. The van der Waals surface area contributed by atoms with Gasteiger partial charge in [-0.15, -0.1) is 16.7 Å². The molecule has 0 bridgehead atoms. The van der Waals surface area contributed by atoms with Gasteiger partial charge in [0.2, 0.25) is 0 Å². The molecule has 5 nitrogen and oxygen atoms in total. The maximum atomic E-state index is 6.26. The lowest BCUT2D eigenvalue weighted by atomic mass is 10.3. The molecule has 0 fully saturated rings. The van der Waals surface area contributed by atoms with Crippen molar-refractivity contribution in [3.8, 4) is 0 Å². The summed E-state index contributed by atoms with van der Waals surface area (Å²) < 4.78 is 5.14. The maximum Gasteiger partial charge on any atom is 0.127 e. The molecule has 3 aromatic rings. The highest BCUT2D eigenvalue weighted by Crippen LogP contribution is 2.25. The number of aromatic nitrogens is 5. The third kappa shape index (κ3) is 2.67. The van der Waals surface area contributed by atoms with Crippen molar-refractivity contribution in [1.82, 2.24) is 24.5 Å². The van der Waals surface area contributed by atoms with E-state index in [1.807, 2.05) is 13.1 Å². The molecule has 104 valence electrons. The Morgan fingerprint density at radius 2 is 2.20 bits per heavy atom. The highest BCUT2D eigenvalue weighted by molar-refractivity contribution is 14.1. The van der Waals surface area contributed by atoms with Gasteiger partial charge in [-0.3, -0.25) is 4.68 Å². The van der Waals surface area contributed by atoms with Crippen LogP contribution >= 0.6 is 34.2 Å². The molecule has 3 rings (SSSR count). The number of hydrogen-bond acceptors (Lipinski definition) is 3. The molecule has 0 N–H and O–H groups in total. The number of alkyl halides is 1. The molecule has 0 radical (unpaired) electrons. The Labute approximate surface area is 135 Å². The molecule has 0 aliphatic rings. The van der Waals surface area contributed by atoms with Crippen LogP contribution in [0.2, 0.25) is 0 Å². The molecule has 20 heavy (non-hydrogen) atoms. The smallest absolute Gasteiger partial charge is 0.127 e. The molecule has 2 heterocycles. The van der Waals surface area contributed by atoms with Crippen molar-refractivity contribution < 1.29 is 0 Å². The molecule has 0 spiro atoms. The third-order valence-corrected chi connectivity index (χ3v) is 3.99. The summed E-state index contributed by atoms with van der Waals surface area (Å²) in [6.45, 7) is 3.46. The van der Waals surface area contributed by atoms with Crippen molar-refractivity contribution in [2.45, 2.75) is 25.4 Å². The van der Waals surface area contributed by atoms with Gasteiger partial charge in [0.25, 0.3) is 0 Å². The summed E-state index contributed by atoms with van der Waals surface area (Å²) >= 11 is 8.55. The van der Waals surface area contributed by atoms with Crippen molar-refractivity contribution in [3.63, 3.8) is 0 Å². The number of halogens is 2. The van der Waals surface area contributed by atoms with E-state index in [9.17, 15) is 0 Å². The molecule has 0 saturated carbocycles. The van der Waals surface area contributed by atoms with Crippen LogP contribution in [0.15, 0.2) is 30.6 Å². The first-order valence-corrected chi connectivity index (χ1v) is 7.80. The Balaban J connectivity index is 2.00. The van der Waals surface area contributed by atoms with Gasteiger partial charge >= 0.3 is 0 Å². The third-order valence-electron chi connectivity index (χ3n) is 3.12. The normalized spacial score (nSPS) is 12.9. The molecular weight excluding hydrogens is 389 g/mol. The van der Waals surface area contributed by atoms with E-state index >= 15 is 0 Å². The van der Waals surface area contributed by atoms with Gasteiger partial charge in [0, 0.05) is 16.3 Å². The average Bonchev–Trinajstić information content (AvgIpc) is 3.02. The molecule has 1 unspecified atom stereocenters. The summed E-state index contributed by atoms with van der Waals surface area (Å²) in [4.78, 5) is 4.65. The monoisotopic (exact) mass is 401 g/mol. The summed E-state index contributed by atoms with van der Waals surface area (Å²) in [5.74, 6) is 0.892. The van der Waals surface area contributed by atoms with Crippen LogP contribution in [-0.2, 0) is 13.1 Å². The second kappa shape index (κ2) is 5.69. The van der Waals surface area contributed by atoms with Crippen LogP contribution in [0.25, 0.3) is 11.0 Å². The van der Waals surface area contributed by atoms with Crippen LogP contribution in [-0.4, -0.2) is 24.5 Å². The molecule has 1 atom stereocenters. The summed E-state index contributed by atoms with van der Waals surface area (Å²) in [6.07, 6.45) is 3.53. The molecule has 1 aromatic carbocycles. The van der Waals surface area contributed by atoms with E-state index in [1.54, 1.807) is 10.9 Å². The van der Waals surface area contributed by atoms with Gasteiger partial charge in [0.15, 0.2) is 0 Å². The van der Waals surface area contributed by atoms with Crippen molar-refractivity contribution in [3.05, 3.63) is 40.0 Å². The number of fused-ring (bicyclic) bond motifs is 1. The van der Waals surface area contributed by atoms with Gasteiger partial charge in [-0.1, -0.05) is 5.21 Å². The molecular formula is C13H13ClIN5. The molecule has 0 amide bonds. The second-order valence-electron chi connectivity index (χ2n) is 4.54. The fraction of sp³-hybridized carbons (Fsp3) is 0.308. The van der Waals surface area contributed by atoms with Crippen LogP contribution < -0.4 is 0 Å². The lowest BCUT2D eigenvalue weighted by molar-refractivity contribution is 0.515. The van der Waals surface area contributed by atoms with E-state index < -0.39 is 0 Å². The Hall–Kier alpha value is -1.15. The van der Waals surface area contributed by atoms with Gasteiger partial charge in [0.05, 0.1) is 29.2 Å². The topological polar surface area (TPSA) is 48.5 Å². The lowest BCUT2D eigenvalue weighted by Gasteiger charge is -2.10. The Morgan fingerprint density at radius 3 is 2.90 bits per heavy atom. The summed E-state index contributed by atoms with van der Waals surface area (Å²) in [7, 11) is 0. The van der Waals surface area contributed by atoms with Crippen LogP contribution in [0.4, 0.5) is 0 Å². The van der Waals surface area contributed by atoms with E-state index in [-0.39, 0.29) is 5.38 Å². The largest absolute Gasteiger partial charge is 0.325 e. The van der Waals surface area contributed by atoms with Crippen LogP contribution in [0.5, 0.6) is 0 Å². The number of benzene rings is 1. The average molecular weight is 402 g/mol. The first-order chi connectivity index (χ1) is 9.65. The molecule has 7 heteroatoms. The summed E-state index contributed by atoms with van der Waals surface area (Å²) in [6, 6.07) is 6.25. The minimum Gasteiger partial charge on any atom is -0.325 e. The molecule has 2 aromatic heterocycles. The Morgan fingerprint density at radius 1 is 1.35 bits per heavy atom. The zero-order valence-electron chi connectivity index (χ0n) is 10.9. The summed E-state index contributed by atoms with van der Waals surface area (Å²) in [5.41, 5.74) is 2.09. The van der Waals surface area contributed by atoms with Gasteiger partial charge in [-0.05, 0) is 47.7 Å². The van der Waals surface area contributed by atoms with Gasteiger partial charge < -0.3 is 4.57 Å². The van der Waals surface area contributed by atoms with Crippen molar-refractivity contribution >= 4 is 45.2 Å². The van der Waals surface area contributed by atoms with Crippen LogP contribution in [0.1, 0.15) is 18.1 Å². The van der Waals surface area contributed by atoms with E-state index in [2.05, 4.69) is 60.7 Å². The molecule has 0 aliphatic heterocycles. The van der Waals surface area contributed by atoms with E-state index in [0.717, 1.165) is 29.9 Å². The minimum atomic E-state index is -0.129. The highest BCUT2D eigenvalue weighted by atomic mass is 127. The van der Waals surface area contributed by atoms with Gasteiger partial charge in [0.1, 0.15) is 5.82 Å². The van der Waals surface area contributed by atoms with Gasteiger partial charge in [-0.25, -0.2) is 4.98 Å². The summed E-state index contributed by atoms with van der Waals surface area (Å²) in [5, 5.41) is 7.67. The SMILES string of the molecule is CC(Cl)c1nc2cc(I)ccc2n1CCn1ccnn1. The number of nitrogens with zero attached hydrogens (tertiary/aromatic N) is 5. The Kier molecular flexibility index (Phi) is 3.93. The molecule has 0 aliphatic carbocycles. The number of aryl methyl sites for hydroxylation is 2. The van der Waals surface area contributed by atoms with Crippen molar-refractivity contribution in [2.24, 2.45) is 0 Å². The minimum absolute atomic E-state index is 0.129. The standard InChI is InChI=1S/C13H13ClIN5/c1-9(14)13-17-11-8-10(15)2-3-12(11)20(13)7-6-19-5-4-16-18-19/h2-5,8-9H,6-7H2,1H3. The first-order valence-electron chi connectivity index (χ1n) is 6.29. The lowest BCUT2D eigenvalue weighted by Crippen LogP contribution is -2.11. The molecule has 0 saturated heterocycles. The van der Waals surface area contributed by atoms with Gasteiger partial charge in [-0.2, -0.15) is 0 Å². The fourth-order valence-corrected chi connectivity index (χ4v) is 2.86. The fourth-order valence-electron chi connectivity index (χ4n) is 2.21. The predicted molar refractivity (Wildman–Crippen MR) is 86.7 cm³/mol. The highest BCUT2D eigenvalue weighted by Gasteiger charge is 2.15.